The van der Waals surface area contributed by atoms with Crippen LogP contribution in [0, 0.1) is 5.92 Å². The van der Waals surface area contributed by atoms with Crippen LogP contribution < -0.4 is 0 Å². The normalized spacial score (nSPS) is 14.7. The zero-order chi connectivity index (χ0) is 15.0. The van der Waals surface area contributed by atoms with Gasteiger partial charge in [0.15, 0.2) is 0 Å². The number of nitrogens with zero attached hydrogens (tertiary/aromatic N) is 1. The van der Waals surface area contributed by atoms with Crippen molar-refractivity contribution in [1.82, 2.24) is 4.90 Å². The predicted molar refractivity (Wildman–Crippen MR) is 82.2 cm³/mol. The summed E-state index contributed by atoms with van der Waals surface area (Å²) in [5.74, 6) is 1.09. The fourth-order valence-electron chi connectivity index (χ4n) is 2.34. The van der Waals surface area contributed by atoms with Crippen LogP contribution in [0.15, 0.2) is 24.4 Å². The maximum Gasteiger partial charge on any atom is 0.251 e. The fraction of sp³-hybridized carbons (Fsp3) is 0.647. The van der Waals surface area contributed by atoms with Crippen LogP contribution in [0.5, 0.6) is 0 Å². The van der Waals surface area contributed by atoms with E-state index in [2.05, 4.69) is 20.4 Å². The lowest BCUT2D eigenvalue weighted by molar-refractivity contribution is -0.123. The summed E-state index contributed by atoms with van der Waals surface area (Å²) in [6.45, 7) is 8.91. The average molecular weight is 277 g/mol. The molecule has 0 aromatic rings. The molecular weight excluding hydrogens is 250 g/mol. The van der Waals surface area contributed by atoms with Crippen molar-refractivity contribution in [3.8, 4) is 0 Å². The van der Waals surface area contributed by atoms with Crippen LogP contribution in [0.2, 0.25) is 0 Å². The van der Waals surface area contributed by atoms with E-state index in [1.54, 1.807) is 17.1 Å². The van der Waals surface area contributed by atoms with Gasteiger partial charge in [-0.25, -0.2) is 0 Å². The first-order valence-corrected chi connectivity index (χ1v) is 7.71. The minimum Gasteiger partial charge on any atom is -0.309 e. The zero-order valence-electron chi connectivity index (χ0n) is 12.9. The Labute approximate surface area is 122 Å². The van der Waals surface area contributed by atoms with Crippen LogP contribution in [0.3, 0.4) is 0 Å². The summed E-state index contributed by atoms with van der Waals surface area (Å²) in [6, 6.07) is 0. The lowest BCUT2D eigenvalue weighted by Crippen LogP contribution is -2.24. The van der Waals surface area contributed by atoms with Crippen LogP contribution in [0.25, 0.3) is 0 Å². The number of ketones is 1. The Morgan fingerprint density at radius 1 is 1.15 bits per heavy atom. The lowest BCUT2D eigenvalue weighted by atomic mass is 10.0. The summed E-state index contributed by atoms with van der Waals surface area (Å²) < 4.78 is 0. The molecule has 20 heavy (non-hydrogen) atoms. The van der Waals surface area contributed by atoms with Gasteiger partial charge in [0.2, 0.25) is 0 Å². The SMILES string of the molecule is C=C1C=CC(=O)N1CCCCCC(=O)CCCC(C)C. The van der Waals surface area contributed by atoms with E-state index in [1.165, 1.54) is 0 Å². The number of amides is 1. The van der Waals surface area contributed by atoms with Gasteiger partial charge in [-0.1, -0.05) is 33.3 Å². The molecule has 1 heterocycles. The maximum atomic E-state index is 11.7. The number of carbonyl (C=O) groups excluding carboxylic acids is 2. The molecular formula is C17H27NO2. The molecule has 0 saturated carbocycles. The lowest BCUT2D eigenvalue weighted by Gasteiger charge is -2.16. The van der Waals surface area contributed by atoms with E-state index in [4.69, 9.17) is 0 Å². The van der Waals surface area contributed by atoms with Gasteiger partial charge in [-0.2, -0.15) is 0 Å². The number of allylic oxidation sites excluding steroid dienone is 1. The van der Waals surface area contributed by atoms with Gasteiger partial charge in [-0.3, -0.25) is 9.59 Å². The van der Waals surface area contributed by atoms with Crippen molar-refractivity contribution in [3.05, 3.63) is 24.4 Å². The highest BCUT2D eigenvalue weighted by Crippen LogP contribution is 2.15. The van der Waals surface area contributed by atoms with E-state index in [9.17, 15) is 9.59 Å². The molecule has 0 aliphatic carbocycles. The van der Waals surface area contributed by atoms with Crippen molar-refractivity contribution in [1.29, 1.82) is 0 Å². The molecule has 0 bridgehead atoms. The first-order chi connectivity index (χ1) is 9.50. The Bertz CT molecular complexity index is 364. The molecule has 3 nitrogen and oxygen atoms in total. The molecule has 0 aromatic carbocycles. The zero-order valence-corrected chi connectivity index (χ0v) is 12.9. The Morgan fingerprint density at radius 2 is 1.85 bits per heavy atom. The quantitative estimate of drug-likeness (QED) is 0.569. The average Bonchev–Trinajstić information content (AvgIpc) is 2.69. The smallest absolute Gasteiger partial charge is 0.251 e. The van der Waals surface area contributed by atoms with Gasteiger partial charge in [-0.05, 0) is 31.3 Å². The largest absolute Gasteiger partial charge is 0.309 e. The molecule has 0 aromatic heterocycles. The van der Waals surface area contributed by atoms with Gasteiger partial charge in [0.05, 0.1) is 0 Å². The maximum absolute atomic E-state index is 11.7. The van der Waals surface area contributed by atoms with E-state index in [-0.39, 0.29) is 5.91 Å². The first kappa shape index (κ1) is 16.7. The number of hydrogen-bond acceptors (Lipinski definition) is 2. The highest BCUT2D eigenvalue weighted by Gasteiger charge is 2.17. The Balaban J connectivity index is 2.01. The minimum atomic E-state index is 0.0276. The molecule has 0 fully saturated rings. The van der Waals surface area contributed by atoms with Crippen LogP contribution in [-0.2, 0) is 9.59 Å². The molecule has 0 saturated heterocycles. The number of Topliss-reactive ketones (excluding diaryl/α,β-unsaturated/α-hetero) is 1. The second-order valence-corrected chi connectivity index (χ2v) is 5.95. The predicted octanol–water partition coefficient (Wildman–Crippen LogP) is 3.85. The minimum absolute atomic E-state index is 0.0276. The number of carbonyl (C=O) groups is 2. The third-order valence-corrected chi connectivity index (χ3v) is 3.61. The van der Waals surface area contributed by atoms with Crippen molar-refractivity contribution in [2.24, 2.45) is 5.92 Å². The molecule has 0 N–H and O–H groups in total. The van der Waals surface area contributed by atoms with Crippen molar-refractivity contribution in [3.63, 3.8) is 0 Å². The molecule has 112 valence electrons. The Morgan fingerprint density at radius 3 is 2.45 bits per heavy atom. The molecule has 0 radical (unpaired) electrons. The van der Waals surface area contributed by atoms with Crippen molar-refractivity contribution in [2.75, 3.05) is 6.54 Å². The van der Waals surface area contributed by atoms with Crippen LogP contribution in [-0.4, -0.2) is 23.1 Å². The number of unbranched alkanes of at least 4 members (excludes halogenated alkanes) is 2. The second-order valence-electron chi connectivity index (χ2n) is 5.95. The van der Waals surface area contributed by atoms with Crippen LogP contribution in [0.1, 0.15) is 58.8 Å². The standard InChI is InChI=1S/C17H27NO2/c1-14(2)8-7-10-16(19)9-5-4-6-13-18-15(3)11-12-17(18)20/h11-12,14H,3-10,13H2,1-2H3. The third-order valence-electron chi connectivity index (χ3n) is 3.61. The molecule has 1 aliphatic rings. The summed E-state index contributed by atoms with van der Waals surface area (Å²) in [5, 5.41) is 0. The van der Waals surface area contributed by atoms with E-state index < -0.39 is 0 Å². The summed E-state index contributed by atoms with van der Waals surface area (Å²) >= 11 is 0. The highest BCUT2D eigenvalue weighted by molar-refractivity contribution is 5.92. The van der Waals surface area contributed by atoms with E-state index in [0.717, 1.165) is 44.2 Å². The summed E-state index contributed by atoms with van der Waals surface area (Å²) in [5.41, 5.74) is 0.778. The Hall–Kier alpha value is -1.38. The van der Waals surface area contributed by atoms with E-state index in [0.29, 0.717) is 24.7 Å². The van der Waals surface area contributed by atoms with Crippen molar-refractivity contribution < 1.29 is 9.59 Å². The van der Waals surface area contributed by atoms with Gasteiger partial charge in [0.1, 0.15) is 5.78 Å². The van der Waals surface area contributed by atoms with Gasteiger partial charge < -0.3 is 4.90 Å². The van der Waals surface area contributed by atoms with E-state index >= 15 is 0 Å². The molecule has 1 rings (SSSR count). The first-order valence-electron chi connectivity index (χ1n) is 7.71. The van der Waals surface area contributed by atoms with Crippen LogP contribution >= 0.6 is 0 Å². The van der Waals surface area contributed by atoms with Gasteiger partial charge in [0, 0.05) is 31.2 Å². The fourth-order valence-corrected chi connectivity index (χ4v) is 2.34. The molecule has 1 aliphatic heterocycles. The third kappa shape index (κ3) is 6.18. The van der Waals surface area contributed by atoms with Gasteiger partial charge in [-0.15, -0.1) is 0 Å². The molecule has 0 spiro atoms. The van der Waals surface area contributed by atoms with Crippen molar-refractivity contribution >= 4 is 11.7 Å². The van der Waals surface area contributed by atoms with Crippen LogP contribution in [0.4, 0.5) is 0 Å². The van der Waals surface area contributed by atoms with E-state index in [1.807, 2.05) is 0 Å². The van der Waals surface area contributed by atoms with Gasteiger partial charge in [0.25, 0.3) is 5.91 Å². The Kier molecular flexibility index (Phi) is 7.27. The van der Waals surface area contributed by atoms with Crippen molar-refractivity contribution in [2.45, 2.75) is 58.8 Å². The monoisotopic (exact) mass is 277 g/mol. The molecule has 0 atom stereocenters. The summed E-state index contributed by atoms with van der Waals surface area (Å²) in [6.07, 6.45) is 9.74. The second kappa shape index (κ2) is 8.72. The number of rotatable bonds is 10. The molecule has 0 unspecified atom stereocenters. The highest BCUT2D eigenvalue weighted by atomic mass is 16.2. The number of hydrogen-bond donors (Lipinski definition) is 0. The van der Waals surface area contributed by atoms with Gasteiger partial charge >= 0.3 is 0 Å². The summed E-state index contributed by atoms with van der Waals surface area (Å²) in [7, 11) is 0. The topological polar surface area (TPSA) is 37.4 Å². The summed E-state index contributed by atoms with van der Waals surface area (Å²) in [4.78, 5) is 24.8. The molecule has 3 heteroatoms. The molecule has 1 amide bonds.